The van der Waals surface area contributed by atoms with Crippen molar-refractivity contribution >= 4 is 15.7 Å². The van der Waals surface area contributed by atoms with Crippen molar-refractivity contribution < 1.29 is 17.6 Å². The summed E-state index contributed by atoms with van der Waals surface area (Å²) in [6.45, 7) is 0.189. The highest BCUT2D eigenvalue weighted by Crippen LogP contribution is 2.18. The van der Waals surface area contributed by atoms with Crippen LogP contribution in [0, 0.1) is 5.82 Å². The lowest BCUT2D eigenvalue weighted by molar-refractivity contribution is 0.0781. The number of halogens is 1. The Labute approximate surface area is 129 Å². The molecule has 4 nitrogen and oxygen atoms in total. The summed E-state index contributed by atoms with van der Waals surface area (Å²) in [5, 5.41) is 0. The number of nitrogens with zero attached hydrogens (tertiary/aromatic N) is 1. The van der Waals surface area contributed by atoms with Crippen molar-refractivity contribution in [1.29, 1.82) is 0 Å². The summed E-state index contributed by atoms with van der Waals surface area (Å²) in [4.78, 5) is 13.8. The topological polar surface area (TPSA) is 54.5 Å². The van der Waals surface area contributed by atoms with Gasteiger partial charge in [0.15, 0.2) is 9.84 Å². The lowest BCUT2D eigenvalue weighted by atomic mass is 10.1. The normalized spacial score (nSPS) is 11.2. The zero-order chi connectivity index (χ0) is 16.3. The highest BCUT2D eigenvalue weighted by atomic mass is 32.2. The molecule has 0 heterocycles. The third-order valence-electron chi connectivity index (χ3n) is 3.17. The molecule has 0 saturated heterocycles. The first-order valence-corrected chi connectivity index (χ1v) is 8.47. The van der Waals surface area contributed by atoms with Crippen molar-refractivity contribution in [3.8, 4) is 0 Å². The Morgan fingerprint density at radius 3 is 2.45 bits per heavy atom. The molecule has 0 aliphatic heterocycles. The van der Waals surface area contributed by atoms with Crippen LogP contribution in [0.25, 0.3) is 0 Å². The Bertz CT molecular complexity index is 803. The van der Waals surface area contributed by atoms with Crippen molar-refractivity contribution in [2.24, 2.45) is 0 Å². The van der Waals surface area contributed by atoms with Crippen LogP contribution in [-0.4, -0.2) is 32.5 Å². The minimum absolute atomic E-state index is 0.00825. The molecule has 0 unspecified atom stereocenters. The minimum atomic E-state index is -3.50. The molecule has 2 aromatic carbocycles. The summed E-state index contributed by atoms with van der Waals surface area (Å²) < 4.78 is 36.7. The van der Waals surface area contributed by atoms with Gasteiger partial charge in [-0.05, 0) is 29.8 Å². The summed E-state index contributed by atoms with van der Waals surface area (Å²) in [5.74, 6) is -0.805. The maximum Gasteiger partial charge on any atom is 0.255 e. The Balaban J connectivity index is 2.29. The maximum atomic E-state index is 13.2. The molecule has 0 aliphatic rings. The molecule has 22 heavy (non-hydrogen) atoms. The fraction of sp³-hybridized carbons (Fsp3) is 0.188. The van der Waals surface area contributed by atoms with Crippen LogP contribution in [0.2, 0.25) is 0 Å². The molecule has 0 spiro atoms. The number of hydrogen-bond acceptors (Lipinski definition) is 3. The zero-order valence-electron chi connectivity index (χ0n) is 12.3. The van der Waals surface area contributed by atoms with Crippen LogP contribution in [-0.2, 0) is 16.4 Å². The van der Waals surface area contributed by atoms with Gasteiger partial charge >= 0.3 is 0 Å². The molecule has 0 fully saturated rings. The van der Waals surface area contributed by atoms with Gasteiger partial charge in [0.1, 0.15) is 5.82 Å². The Hall–Kier alpha value is -2.21. The van der Waals surface area contributed by atoms with E-state index in [1.165, 1.54) is 29.2 Å². The van der Waals surface area contributed by atoms with E-state index >= 15 is 0 Å². The second kappa shape index (κ2) is 6.27. The molecule has 1 amide bonds. The number of sulfone groups is 1. The van der Waals surface area contributed by atoms with Gasteiger partial charge < -0.3 is 4.90 Å². The van der Waals surface area contributed by atoms with Gasteiger partial charge in [0.05, 0.1) is 10.5 Å². The third-order valence-corrected chi connectivity index (χ3v) is 4.33. The number of carbonyl (C=O) groups excluding carboxylic acids is 1. The van der Waals surface area contributed by atoms with Crippen LogP contribution in [0.15, 0.2) is 53.4 Å². The first-order valence-electron chi connectivity index (χ1n) is 6.58. The number of rotatable bonds is 4. The zero-order valence-corrected chi connectivity index (χ0v) is 13.1. The van der Waals surface area contributed by atoms with E-state index < -0.39 is 15.7 Å². The van der Waals surface area contributed by atoms with E-state index in [1.807, 2.05) is 0 Å². The van der Waals surface area contributed by atoms with Gasteiger partial charge in [-0.25, -0.2) is 12.8 Å². The first kappa shape index (κ1) is 16.2. The fourth-order valence-corrected chi connectivity index (χ4v) is 3.03. The summed E-state index contributed by atoms with van der Waals surface area (Å²) in [7, 11) is -1.95. The summed E-state index contributed by atoms with van der Waals surface area (Å²) in [6.07, 6.45) is 1.06. The van der Waals surface area contributed by atoms with Gasteiger partial charge in [-0.1, -0.05) is 24.3 Å². The average molecular weight is 321 g/mol. The van der Waals surface area contributed by atoms with E-state index in [9.17, 15) is 17.6 Å². The predicted octanol–water partition coefficient (Wildman–Crippen LogP) is 2.50. The molecule has 2 aromatic rings. The largest absolute Gasteiger partial charge is 0.337 e. The summed E-state index contributed by atoms with van der Waals surface area (Å²) in [5.41, 5.74) is 0.747. The molecule has 0 N–H and O–H groups in total. The number of hydrogen-bond donors (Lipinski definition) is 0. The van der Waals surface area contributed by atoms with Gasteiger partial charge in [0.2, 0.25) is 0 Å². The monoisotopic (exact) mass is 321 g/mol. The van der Waals surface area contributed by atoms with Crippen LogP contribution < -0.4 is 0 Å². The molecule has 6 heteroatoms. The Morgan fingerprint density at radius 1 is 1.14 bits per heavy atom. The standard InChI is InChI=1S/C16H16FNO3S/c1-18(11-12-6-5-7-13(17)10-12)16(19)14-8-3-4-9-15(14)22(2,20)21/h3-10H,11H2,1-2H3. The van der Waals surface area contributed by atoms with E-state index in [0.29, 0.717) is 5.56 Å². The van der Waals surface area contributed by atoms with E-state index in [0.717, 1.165) is 6.26 Å². The van der Waals surface area contributed by atoms with E-state index in [4.69, 9.17) is 0 Å². The van der Waals surface area contributed by atoms with Crippen LogP contribution in [0.5, 0.6) is 0 Å². The highest BCUT2D eigenvalue weighted by Gasteiger charge is 2.20. The van der Waals surface area contributed by atoms with Crippen molar-refractivity contribution in [2.75, 3.05) is 13.3 Å². The van der Waals surface area contributed by atoms with Gasteiger partial charge in [0, 0.05) is 19.8 Å². The number of carbonyl (C=O) groups is 1. The number of amides is 1. The summed E-state index contributed by atoms with van der Waals surface area (Å²) in [6, 6.07) is 12.0. The third kappa shape index (κ3) is 3.71. The predicted molar refractivity (Wildman–Crippen MR) is 81.7 cm³/mol. The van der Waals surface area contributed by atoms with Crippen LogP contribution in [0.1, 0.15) is 15.9 Å². The Morgan fingerprint density at radius 2 is 1.82 bits per heavy atom. The molecule has 0 aromatic heterocycles. The molecule has 116 valence electrons. The van der Waals surface area contributed by atoms with Crippen molar-refractivity contribution in [1.82, 2.24) is 4.90 Å². The molecule has 0 atom stereocenters. The molecular formula is C16H16FNO3S. The van der Waals surface area contributed by atoms with Crippen molar-refractivity contribution in [2.45, 2.75) is 11.4 Å². The Kier molecular flexibility index (Phi) is 4.61. The van der Waals surface area contributed by atoms with Crippen LogP contribution in [0.3, 0.4) is 0 Å². The van der Waals surface area contributed by atoms with E-state index in [2.05, 4.69) is 0 Å². The van der Waals surface area contributed by atoms with Crippen LogP contribution >= 0.6 is 0 Å². The molecule has 2 rings (SSSR count). The molecule has 0 bridgehead atoms. The molecule has 0 saturated carbocycles. The van der Waals surface area contributed by atoms with Crippen molar-refractivity contribution in [3.05, 3.63) is 65.5 Å². The average Bonchev–Trinajstić information content (AvgIpc) is 2.45. The summed E-state index contributed by atoms with van der Waals surface area (Å²) >= 11 is 0. The molecule has 0 radical (unpaired) electrons. The first-order chi connectivity index (χ1) is 10.3. The highest BCUT2D eigenvalue weighted by molar-refractivity contribution is 7.90. The van der Waals surface area contributed by atoms with E-state index in [1.54, 1.807) is 31.3 Å². The van der Waals surface area contributed by atoms with E-state index in [-0.39, 0.29) is 22.8 Å². The van der Waals surface area contributed by atoms with Gasteiger partial charge in [0.25, 0.3) is 5.91 Å². The molecule has 0 aliphatic carbocycles. The second-order valence-electron chi connectivity index (χ2n) is 5.06. The lowest BCUT2D eigenvalue weighted by Gasteiger charge is -2.18. The van der Waals surface area contributed by atoms with Crippen molar-refractivity contribution in [3.63, 3.8) is 0 Å². The van der Waals surface area contributed by atoms with Crippen LogP contribution in [0.4, 0.5) is 4.39 Å². The maximum absolute atomic E-state index is 13.2. The second-order valence-corrected chi connectivity index (χ2v) is 7.04. The number of benzene rings is 2. The SMILES string of the molecule is CN(Cc1cccc(F)c1)C(=O)c1ccccc1S(C)(=O)=O. The van der Waals surface area contributed by atoms with Gasteiger partial charge in [-0.15, -0.1) is 0 Å². The lowest BCUT2D eigenvalue weighted by Crippen LogP contribution is -2.27. The van der Waals surface area contributed by atoms with Gasteiger partial charge in [-0.2, -0.15) is 0 Å². The molecular weight excluding hydrogens is 305 g/mol. The quantitative estimate of drug-likeness (QED) is 0.869. The smallest absolute Gasteiger partial charge is 0.255 e. The fourth-order valence-electron chi connectivity index (χ4n) is 2.15. The van der Waals surface area contributed by atoms with Gasteiger partial charge in [-0.3, -0.25) is 4.79 Å². The minimum Gasteiger partial charge on any atom is -0.337 e.